The van der Waals surface area contributed by atoms with Crippen molar-refractivity contribution >= 4 is 44.9 Å². The van der Waals surface area contributed by atoms with Gasteiger partial charge in [0.1, 0.15) is 34.5 Å². The minimum Gasteiger partial charge on any atom is -0.458 e. The maximum Gasteiger partial charge on any atom is 0.270 e. The third-order valence-corrected chi connectivity index (χ3v) is 7.92. The number of para-hydroxylation sites is 2. The Morgan fingerprint density at radius 2 is 0.923 bits per heavy atom. The molecule has 7 heteroatoms. The molecule has 39 heavy (non-hydrogen) atoms. The van der Waals surface area contributed by atoms with Crippen molar-refractivity contribution in [2.45, 2.75) is 0 Å². The second kappa shape index (κ2) is 7.01. The molecular formula is C32H14BN3O3. The second-order valence-electron chi connectivity index (χ2n) is 9.96. The lowest BCUT2D eigenvalue weighted by atomic mass is 9.34. The van der Waals surface area contributed by atoms with E-state index in [2.05, 4.69) is 53.1 Å². The number of rotatable bonds is 1. The first-order valence-corrected chi connectivity index (χ1v) is 12.6. The molecular weight excluding hydrogens is 485 g/mol. The number of fused-ring (bicyclic) bond motifs is 3. The van der Waals surface area contributed by atoms with Crippen LogP contribution in [0.25, 0.3) is 27.5 Å². The predicted octanol–water partition coefficient (Wildman–Crippen LogP) is 5.36. The topological polar surface area (TPSA) is 80.2 Å². The standard InChI is InChI=1S/C32H14BN3O3/c34-15-17-9-24-30-26(11-17)38-28-13-19(36-22-7-3-1-5-20(22)21-6-2-4-8-23(21)36)14-29-32(28)33(30)31-25(37-24)10-18(16-35)12-27(31)39-29/h1-14H. The third-order valence-electron chi connectivity index (χ3n) is 7.92. The zero-order chi connectivity index (χ0) is 25.8. The molecule has 0 aliphatic carbocycles. The van der Waals surface area contributed by atoms with Gasteiger partial charge in [-0.2, -0.15) is 10.5 Å². The highest BCUT2D eigenvalue weighted by Gasteiger charge is 2.47. The van der Waals surface area contributed by atoms with Gasteiger partial charge in [0.25, 0.3) is 6.71 Å². The summed E-state index contributed by atoms with van der Waals surface area (Å²) in [5, 5.41) is 21.7. The summed E-state index contributed by atoms with van der Waals surface area (Å²) in [6.07, 6.45) is 0. The van der Waals surface area contributed by atoms with Crippen molar-refractivity contribution in [2.75, 3.05) is 0 Å². The number of nitrogens with zero attached hydrogens (tertiary/aromatic N) is 3. The van der Waals surface area contributed by atoms with Gasteiger partial charge in [-0.25, -0.2) is 0 Å². The fourth-order valence-corrected chi connectivity index (χ4v) is 6.40. The third kappa shape index (κ3) is 2.54. The van der Waals surface area contributed by atoms with E-state index in [9.17, 15) is 10.5 Å². The van der Waals surface area contributed by atoms with Gasteiger partial charge in [0.05, 0.1) is 40.0 Å². The SMILES string of the molecule is N#Cc1cc2c3c(c1)Oc1cc(-n4c5ccccc5c5ccccc54)cc4c1B3c1c(cc(C#N)cc1O4)O2. The molecule has 0 bridgehead atoms. The Balaban J connectivity index is 1.37. The number of ether oxygens (including phenoxy) is 3. The van der Waals surface area contributed by atoms with E-state index in [1.54, 1.807) is 24.3 Å². The van der Waals surface area contributed by atoms with E-state index < -0.39 is 0 Å². The minimum absolute atomic E-state index is 0.200. The van der Waals surface area contributed by atoms with Gasteiger partial charge in [-0.3, -0.25) is 0 Å². The minimum atomic E-state index is -0.200. The van der Waals surface area contributed by atoms with Crippen LogP contribution >= 0.6 is 0 Å². The van der Waals surface area contributed by atoms with Gasteiger partial charge in [0.2, 0.25) is 0 Å². The summed E-state index contributed by atoms with van der Waals surface area (Å²) in [5.41, 5.74) is 6.59. The van der Waals surface area contributed by atoms with E-state index >= 15 is 0 Å². The van der Waals surface area contributed by atoms with E-state index in [0.717, 1.165) is 43.9 Å². The van der Waals surface area contributed by atoms with E-state index in [1.807, 2.05) is 24.3 Å². The summed E-state index contributed by atoms with van der Waals surface area (Å²) < 4.78 is 21.5. The van der Waals surface area contributed by atoms with Crippen LogP contribution in [0.15, 0.2) is 84.9 Å². The Labute approximate surface area is 222 Å². The first-order chi connectivity index (χ1) is 19.2. The van der Waals surface area contributed by atoms with Crippen molar-refractivity contribution in [1.29, 1.82) is 10.5 Å². The van der Waals surface area contributed by atoms with Crippen LogP contribution in [-0.2, 0) is 0 Å². The Kier molecular flexibility index (Phi) is 3.67. The normalized spacial score (nSPS) is 13.1. The second-order valence-corrected chi connectivity index (χ2v) is 9.96. The Bertz CT molecular complexity index is 2050. The molecule has 0 unspecified atom stereocenters. The van der Waals surface area contributed by atoms with Gasteiger partial charge in [-0.15, -0.1) is 0 Å². The van der Waals surface area contributed by atoms with Gasteiger partial charge >= 0.3 is 0 Å². The van der Waals surface area contributed by atoms with Crippen LogP contribution in [0.5, 0.6) is 34.5 Å². The number of aromatic nitrogens is 1. The van der Waals surface area contributed by atoms with Crippen molar-refractivity contribution in [3.05, 3.63) is 96.1 Å². The van der Waals surface area contributed by atoms with E-state index in [0.29, 0.717) is 45.6 Å². The van der Waals surface area contributed by atoms with E-state index in [-0.39, 0.29) is 6.71 Å². The molecule has 5 aromatic carbocycles. The molecule has 0 amide bonds. The first-order valence-electron chi connectivity index (χ1n) is 12.6. The lowest BCUT2D eigenvalue weighted by molar-refractivity contribution is 0.442. The average Bonchev–Trinajstić information content (AvgIpc) is 3.30. The Hall–Kier alpha value is -5.66. The quantitative estimate of drug-likeness (QED) is 0.284. The van der Waals surface area contributed by atoms with E-state index in [4.69, 9.17) is 14.2 Å². The Morgan fingerprint density at radius 1 is 0.538 bits per heavy atom. The molecule has 4 heterocycles. The molecule has 0 radical (unpaired) electrons. The van der Waals surface area contributed by atoms with Gasteiger partial charge in [0, 0.05) is 39.3 Å². The average molecular weight is 499 g/mol. The predicted molar refractivity (Wildman–Crippen MR) is 148 cm³/mol. The largest absolute Gasteiger partial charge is 0.458 e. The number of benzene rings is 5. The molecule has 6 aromatic rings. The number of nitriles is 2. The van der Waals surface area contributed by atoms with Crippen LogP contribution in [0.4, 0.5) is 0 Å². The van der Waals surface area contributed by atoms with Crippen molar-refractivity contribution < 1.29 is 14.2 Å². The Morgan fingerprint density at radius 3 is 1.33 bits per heavy atom. The summed E-state index contributed by atoms with van der Waals surface area (Å²) in [4.78, 5) is 0. The fourth-order valence-electron chi connectivity index (χ4n) is 6.40. The zero-order valence-corrected chi connectivity index (χ0v) is 20.2. The van der Waals surface area contributed by atoms with Crippen molar-refractivity contribution in [2.24, 2.45) is 0 Å². The monoisotopic (exact) mass is 499 g/mol. The van der Waals surface area contributed by atoms with Crippen molar-refractivity contribution in [3.63, 3.8) is 0 Å². The smallest absolute Gasteiger partial charge is 0.270 e. The summed E-state index contributed by atoms with van der Waals surface area (Å²) in [5.74, 6) is 3.65. The molecule has 0 atom stereocenters. The molecule has 0 saturated carbocycles. The van der Waals surface area contributed by atoms with Crippen LogP contribution in [0, 0.1) is 22.7 Å². The molecule has 1 aromatic heterocycles. The summed E-state index contributed by atoms with van der Waals surface area (Å²) >= 11 is 0. The highest BCUT2D eigenvalue weighted by Crippen LogP contribution is 2.44. The molecule has 9 rings (SSSR count). The van der Waals surface area contributed by atoms with Crippen molar-refractivity contribution in [3.8, 4) is 52.3 Å². The highest BCUT2D eigenvalue weighted by atomic mass is 16.5. The molecule has 3 aliphatic rings. The maximum atomic E-state index is 9.71. The fraction of sp³-hybridized carbons (Fsp3) is 0. The lowest BCUT2D eigenvalue weighted by Crippen LogP contribution is -2.59. The van der Waals surface area contributed by atoms with Gasteiger partial charge in [0.15, 0.2) is 0 Å². The highest BCUT2D eigenvalue weighted by molar-refractivity contribution is 6.99. The van der Waals surface area contributed by atoms with Gasteiger partial charge < -0.3 is 18.8 Å². The summed E-state index contributed by atoms with van der Waals surface area (Å²) in [6.45, 7) is -0.200. The molecule has 0 N–H and O–H groups in total. The molecule has 0 saturated heterocycles. The number of hydrogen-bond donors (Lipinski definition) is 0. The van der Waals surface area contributed by atoms with Crippen molar-refractivity contribution in [1.82, 2.24) is 4.57 Å². The summed E-state index contributed by atoms with van der Waals surface area (Å²) in [6, 6.07) is 32.2. The van der Waals surface area contributed by atoms with E-state index in [1.165, 1.54) is 0 Å². The zero-order valence-electron chi connectivity index (χ0n) is 20.2. The molecule has 178 valence electrons. The molecule has 3 aliphatic heterocycles. The maximum absolute atomic E-state index is 9.71. The number of hydrogen-bond acceptors (Lipinski definition) is 5. The van der Waals surface area contributed by atoms with Crippen LogP contribution in [0.2, 0.25) is 0 Å². The van der Waals surface area contributed by atoms with Crippen LogP contribution in [-0.4, -0.2) is 11.3 Å². The lowest BCUT2D eigenvalue weighted by Gasteiger charge is -2.37. The first kappa shape index (κ1) is 20.4. The van der Waals surface area contributed by atoms with Crippen LogP contribution in [0.1, 0.15) is 11.1 Å². The van der Waals surface area contributed by atoms with Gasteiger partial charge in [-0.1, -0.05) is 36.4 Å². The van der Waals surface area contributed by atoms with Crippen LogP contribution < -0.4 is 30.6 Å². The molecule has 6 nitrogen and oxygen atoms in total. The summed E-state index contributed by atoms with van der Waals surface area (Å²) in [7, 11) is 0. The molecule has 0 spiro atoms. The van der Waals surface area contributed by atoms with Gasteiger partial charge in [-0.05, 0) is 36.4 Å². The van der Waals surface area contributed by atoms with Crippen LogP contribution in [0.3, 0.4) is 0 Å². The molecule has 0 fully saturated rings.